The van der Waals surface area contributed by atoms with E-state index in [1.54, 1.807) is 25.4 Å². The van der Waals surface area contributed by atoms with Crippen molar-refractivity contribution < 1.29 is 9.53 Å². The van der Waals surface area contributed by atoms with Crippen molar-refractivity contribution in [3.05, 3.63) is 35.5 Å². The van der Waals surface area contributed by atoms with Crippen LogP contribution in [-0.4, -0.2) is 44.2 Å². The van der Waals surface area contributed by atoms with Gasteiger partial charge in [0, 0.05) is 24.7 Å². The van der Waals surface area contributed by atoms with Crippen LogP contribution < -0.4 is 4.74 Å². The van der Waals surface area contributed by atoms with Crippen LogP contribution in [0.4, 0.5) is 0 Å². The fourth-order valence-electron chi connectivity index (χ4n) is 2.97. The Labute approximate surface area is 134 Å². The Hall–Kier alpha value is -2.44. The van der Waals surface area contributed by atoms with Crippen molar-refractivity contribution in [1.29, 1.82) is 0 Å². The lowest BCUT2D eigenvalue weighted by Gasteiger charge is -2.32. The molecule has 1 atom stereocenters. The predicted octanol–water partition coefficient (Wildman–Crippen LogP) is 1.78. The summed E-state index contributed by atoms with van der Waals surface area (Å²) >= 11 is 0. The van der Waals surface area contributed by atoms with Crippen molar-refractivity contribution >= 4 is 5.91 Å². The molecule has 1 amide bonds. The molecule has 0 N–H and O–H groups in total. The topological polar surface area (TPSA) is 73.1 Å². The SMILES string of the molecule is COc1ccc(C(=O)N2CCn3nc(C4CC4)nc3[C@H]2C)cn1. The number of carbonyl (C=O) groups is 1. The lowest BCUT2D eigenvalue weighted by atomic mass is 10.1. The van der Waals surface area contributed by atoms with E-state index >= 15 is 0 Å². The Morgan fingerprint density at radius 3 is 2.78 bits per heavy atom. The van der Waals surface area contributed by atoms with Gasteiger partial charge in [-0.05, 0) is 25.8 Å². The van der Waals surface area contributed by atoms with Crippen LogP contribution >= 0.6 is 0 Å². The van der Waals surface area contributed by atoms with E-state index in [1.165, 1.54) is 12.8 Å². The van der Waals surface area contributed by atoms with Gasteiger partial charge in [-0.1, -0.05) is 0 Å². The van der Waals surface area contributed by atoms with Crippen molar-refractivity contribution in [2.45, 2.75) is 38.3 Å². The average molecular weight is 313 g/mol. The van der Waals surface area contributed by atoms with Gasteiger partial charge in [0.25, 0.3) is 5.91 Å². The standard InChI is InChI=1S/C16H19N5O2/c1-10-15-18-14(11-3-4-11)19-21(15)8-7-20(10)16(22)12-5-6-13(23-2)17-9-12/h5-6,9-11H,3-4,7-8H2,1-2H3/t10-/m1/s1. The van der Waals surface area contributed by atoms with Gasteiger partial charge in [-0.25, -0.2) is 14.6 Å². The van der Waals surface area contributed by atoms with Crippen LogP contribution in [0.5, 0.6) is 5.88 Å². The molecule has 0 unspecified atom stereocenters. The van der Waals surface area contributed by atoms with Gasteiger partial charge in [0.1, 0.15) is 5.82 Å². The lowest BCUT2D eigenvalue weighted by molar-refractivity contribution is 0.0630. The molecule has 23 heavy (non-hydrogen) atoms. The number of methoxy groups -OCH3 is 1. The molecule has 3 heterocycles. The largest absolute Gasteiger partial charge is 0.481 e. The van der Waals surface area contributed by atoms with E-state index in [1.807, 2.05) is 16.5 Å². The number of hydrogen-bond acceptors (Lipinski definition) is 5. The number of rotatable bonds is 3. The summed E-state index contributed by atoms with van der Waals surface area (Å²) in [7, 11) is 1.56. The predicted molar refractivity (Wildman–Crippen MR) is 82.2 cm³/mol. The zero-order valence-corrected chi connectivity index (χ0v) is 13.3. The van der Waals surface area contributed by atoms with Crippen LogP contribution in [0.2, 0.25) is 0 Å². The van der Waals surface area contributed by atoms with E-state index in [0.717, 1.165) is 11.6 Å². The van der Waals surface area contributed by atoms with Crippen LogP contribution in [-0.2, 0) is 6.54 Å². The second-order valence-corrected chi connectivity index (χ2v) is 6.09. The molecule has 0 saturated heterocycles. The quantitative estimate of drug-likeness (QED) is 0.863. The number of amides is 1. The first kappa shape index (κ1) is 14.2. The minimum atomic E-state index is -0.0849. The van der Waals surface area contributed by atoms with E-state index < -0.39 is 0 Å². The summed E-state index contributed by atoms with van der Waals surface area (Å²) < 4.78 is 6.99. The molecule has 2 aliphatic rings. The van der Waals surface area contributed by atoms with Gasteiger partial charge in [-0.2, -0.15) is 5.10 Å². The summed E-state index contributed by atoms with van der Waals surface area (Å²) in [5, 5.41) is 4.59. The highest BCUT2D eigenvalue weighted by Crippen LogP contribution is 2.39. The van der Waals surface area contributed by atoms with E-state index in [0.29, 0.717) is 30.5 Å². The van der Waals surface area contributed by atoms with Gasteiger partial charge in [-0.3, -0.25) is 4.79 Å². The minimum absolute atomic E-state index is 0.0325. The molecule has 2 aromatic rings. The second kappa shape index (κ2) is 5.33. The molecule has 0 spiro atoms. The minimum Gasteiger partial charge on any atom is -0.481 e. The number of aromatic nitrogens is 4. The molecule has 0 bridgehead atoms. The number of nitrogens with zero attached hydrogens (tertiary/aromatic N) is 5. The Balaban J connectivity index is 1.57. The third-order valence-electron chi connectivity index (χ3n) is 4.51. The van der Waals surface area contributed by atoms with E-state index in [4.69, 9.17) is 4.74 Å². The molecule has 1 fully saturated rings. The molecule has 7 heteroatoms. The molecule has 1 aliphatic heterocycles. The number of fused-ring (bicyclic) bond motifs is 1. The Kier molecular flexibility index (Phi) is 3.28. The molecule has 0 radical (unpaired) electrons. The maximum atomic E-state index is 12.8. The van der Waals surface area contributed by atoms with E-state index in [2.05, 4.69) is 15.1 Å². The van der Waals surface area contributed by atoms with Gasteiger partial charge in [-0.15, -0.1) is 0 Å². The normalized spacial score (nSPS) is 20.3. The Morgan fingerprint density at radius 1 is 1.30 bits per heavy atom. The lowest BCUT2D eigenvalue weighted by Crippen LogP contribution is -2.41. The smallest absolute Gasteiger partial charge is 0.256 e. The highest BCUT2D eigenvalue weighted by atomic mass is 16.5. The molecule has 2 aromatic heterocycles. The Morgan fingerprint density at radius 2 is 2.13 bits per heavy atom. The summed E-state index contributed by atoms with van der Waals surface area (Å²) in [5.74, 6) is 2.81. The molecular formula is C16H19N5O2. The zero-order chi connectivity index (χ0) is 16.0. The fraction of sp³-hybridized carbons (Fsp3) is 0.500. The number of hydrogen-bond donors (Lipinski definition) is 0. The number of carbonyl (C=O) groups excluding carboxylic acids is 1. The highest BCUT2D eigenvalue weighted by Gasteiger charge is 2.34. The van der Waals surface area contributed by atoms with E-state index in [9.17, 15) is 4.79 Å². The third kappa shape index (κ3) is 2.46. The third-order valence-corrected chi connectivity index (χ3v) is 4.51. The van der Waals surface area contributed by atoms with Crippen LogP contribution in [0.3, 0.4) is 0 Å². The first-order chi connectivity index (χ1) is 11.2. The van der Waals surface area contributed by atoms with Crippen LogP contribution in [0.25, 0.3) is 0 Å². The van der Waals surface area contributed by atoms with Crippen LogP contribution in [0.1, 0.15) is 53.7 Å². The molecule has 7 nitrogen and oxygen atoms in total. The summed E-state index contributed by atoms with van der Waals surface area (Å²) in [6, 6.07) is 3.36. The first-order valence-corrected chi connectivity index (χ1v) is 7.93. The number of pyridine rings is 1. The first-order valence-electron chi connectivity index (χ1n) is 7.93. The van der Waals surface area contributed by atoms with Crippen molar-refractivity contribution in [1.82, 2.24) is 24.6 Å². The molecule has 1 saturated carbocycles. The average Bonchev–Trinajstić information content (AvgIpc) is 3.34. The zero-order valence-electron chi connectivity index (χ0n) is 13.3. The van der Waals surface area contributed by atoms with E-state index in [-0.39, 0.29) is 11.9 Å². The Bertz CT molecular complexity index is 735. The fourth-order valence-corrected chi connectivity index (χ4v) is 2.97. The molecular weight excluding hydrogens is 294 g/mol. The summed E-state index contributed by atoms with van der Waals surface area (Å²) in [4.78, 5) is 23.4. The van der Waals surface area contributed by atoms with Gasteiger partial charge in [0.2, 0.25) is 5.88 Å². The van der Waals surface area contributed by atoms with Gasteiger partial charge >= 0.3 is 0 Å². The molecule has 0 aromatic carbocycles. The highest BCUT2D eigenvalue weighted by molar-refractivity contribution is 5.94. The number of ether oxygens (including phenoxy) is 1. The van der Waals surface area contributed by atoms with Crippen molar-refractivity contribution in [3.63, 3.8) is 0 Å². The maximum Gasteiger partial charge on any atom is 0.256 e. The maximum absolute atomic E-state index is 12.8. The summed E-state index contributed by atoms with van der Waals surface area (Å²) in [6.07, 6.45) is 3.92. The van der Waals surface area contributed by atoms with Crippen molar-refractivity contribution in [2.24, 2.45) is 0 Å². The van der Waals surface area contributed by atoms with Crippen molar-refractivity contribution in [3.8, 4) is 5.88 Å². The molecule has 4 rings (SSSR count). The summed E-state index contributed by atoms with van der Waals surface area (Å²) in [5.41, 5.74) is 0.563. The molecule has 1 aliphatic carbocycles. The summed E-state index contributed by atoms with van der Waals surface area (Å²) in [6.45, 7) is 3.33. The van der Waals surface area contributed by atoms with Crippen molar-refractivity contribution in [2.75, 3.05) is 13.7 Å². The van der Waals surface area contributed by atoms with Gasteiger partial charge in [0.15, 0.2) is 5.82 Å². The van der Waals surface area contributed by atoms with Gasteiger partial charge in [0.05, 0.1) is 25.3 Å². The van der Waals surface area contributed by atoms with Gasteiger partial charge < -0.3 is 9.64 Å². The van der Waals surface area contributed by atoms with Crippen LogP contribution in [0, 0.1) is 0 Å². The second-order valence-electron chi connectivity index (χ2n) is 6.09. The monoisotopic (exact) mass is 313 g/mol. The van der Waals surface area contributed by atoms with Crippen LogP contribution in [0.15, 0.2) is 18.3 Å². The molecule has 120 valence electrons.